The maximum Gasteiger partial charge on any atom is 0.115 e. The second-order valence-electron chi connectivity index (χ2n) is 3.63. The van der Waals surface area contributed by atoms with Crippen molar-refractivity contribution in [3.05, 3.63) is 52.0 Å². The molecule has 0 aliphatic carbocycles. The summed E-state index contributed by atoms with van der Waals surface area (Å²) in [5, 5.41) is 10.5. The zero-order chi connectivity index (χ0) is 12.4. The summed E-state index contributed by atoms with van der Waals surface area (Å²) in [6.45, 7) is 1.94. The van der Waals surface area contributed by atoms with E-state index in [1.807, 2.05) is 25.1 Å². The Hall–Kier alpha value is -0.830. The molecule has 0 fully saturated rings. The van der Waals surface area contributed by atoms with Crippen LogP contribution in [-0.2, 0) is 0 Å². The molecule has 4 heteroatoms. The van der Waals surface area contributed by atoms with Gasteiger partial charge in [0, 0.05) is 14.8 Å². The van der Waals surface area contributed by atoms with E-state index >= 15 is 0 Å². The zero-order valence-electron chi connectivity index (χ0n) is 9.08. The van der Waals surface area contributed by atoms with Gasteiger partial charge in [-0.25, -0.2) is 0 Å². The zero-order valence-corrected chi connectivity index (χ0v) is 11.4. The maximum absolute atomic E-state index is 9.21. The van der Waals surface area contributed by atoms with Crippen molar-refractivity contribution in [1.29, 1.82) is 0 Å². The minimum Gasteiger partial charge on any atom is -0.508 e. The standard InChI is InChI=1S/C13H10Cl2OS/c1-8-6-13(12(15)7-11(8)14)17-10-4-2-9(16)3-5-10/h2-7,16H,1H3. The van der Waals surface area contributed by atoms with Gasteiger partial charge in [0.05, 0.1) is 5.02 Å². The molecule has 1 N–H and O–H groups in total. The first-order chi connectivity index (χ1) is 8.06. The Balaban J connectivity index is 2.30. The Morgan fingerprint density at radius 3 is 2.29 bits per heavy atom. The SMILES string of the molecule is Cc1cc(Sc2ccc(O)cc2)c(Cl)cc1Cl. The number of halogens is 2. The lowest BCUT2D eigenvalue weighted by Gasteiger charge is -2.07. The van der Waals surface area contributed by atoms with Gasteiger partial charge < -0.3 is 5.11 Å². The molecule has 0 aromatic heterocycles. The van der Waals surface area contributed by atoms with Gasteiger partial charge in [-0.05, 0) is 48.9 Å². The summed E-state index contributed by atoms with van der Waals surface area (Å²) < 4.78 is 0. The third-order valence-electron chi connectivity index (χ3n) is 2.28. The number of phenols is 1. The number of hydrogen-bond donors (Lipinski definition) is 1. The van der Waals surface area contributed by atoms with Crippen LogP contribution in [0, 0.1) is 6.92 Å². The summed E-state index contributed by atoms with van der Waals surface area (Å²) in [6.07, 6.45) is 0. The summed E-state index contributed by atoms with van der Waals surface area (Å²) in [6, 6.07) is 10.7. The van der Waals surface area contributed by atoms with Crippen LogP contribution in [-0.4, -0.2) is 5.11 Å². The molecule has 0 radical (unpaired) electrons. The van der Waals surface area contributed by atoms with Gasteiger partial charge in [0.2, 0.25) is 0 Å². The van der Waals surface area contributed by atoms with Crippen molar-refractivity contribution in [2.75, 3.05) is 0 Å². The van der Waals surface area contributed by atoms with E-state index in [1.165, 1.54) is 0 Å². The number of aryl methyl sites for hydroxylation is 1. The molecular formula is C13H10Cl2OS. The molecule has 0 heterocycles. The molecule has 2 aromatic carbocycles. The molecule has 1 nitrogen and oxygen atoms in total. The van der Waals surface area contributed by atoms with Gasteiger partial charge in [0.25, 0.3) is 0 Å². The molecule has 17 heavy (non-hydrogen) atoms. The van der Waals surface area contributed by atoms with Gasteiger partial charge in [0.1, 0.15) is 5.75 Å². The lowest BCUT2D eigenvalue weighted by Crippen LogP contribution is -1.80. The third kappa shape index (κ3) is 3.09. The van der Waals surface area contributed by atoms with Crippen molar-refractivity contribution in [2.45, 2.75) is 16.7 Å². The largest absolute Gasteiger partial charge is 0.508 e. The predicted octanol–water partition coefficient (Wildman–Crippen LogP) is 5.16. The monoisotopic (exact) mass is 284 g/mol. The van der Waals surface area contributed by atoms with Crippen molar-refractivity contribution >= 4 is 35.0 Å². The molecule has 0 unspecified atom stereocenters. The van der Waals surface area contributed by atoms with Gasteiger partial charge >= 0.3 is 0 Å². The molecule has 0 aliphatic rings. The minimum absolute atomic E-state index is 0.257. The first-order valence-corrected chi connectivity index (χ1v) is 6.56. The smallest absolute Gasteiger partial charge is 0.115 e. The number of hydrogen-bond acceptors (Lipinski definition) is 2. The Morgan fingerprint density at radius 2 is 1.65 bits per heavy atom. The summed E-state index contributed by atoms with van der Waals surface area (Å²) >= 11 is 13.7. The van der Waals surface area contributed by atoms with E-state index < -0.39 is 0 Å². The van der Waals surface area contributed by atoms with E-state index in [-0.39, 0.29) is 5.75 Å². The molecule has 88 valence electrons. The van der Waals surface area contributed by atoms with E-state index in [9.17, 15) is 5.11 Å². The maximum atomic E-state index is 9.21. The first kappa shape index (κ1) is 12.6. The van der Waals surface area contributed by atoms with Crippen LogP contribution in [0.25, 0.3) is 0 Å². The van der Waals surface area contributed by atoms with E-state index in [0.717, 1.165) is 15.4 Å². The average molecular weight is 285 g/mol. The lowest BCUT2D eigenvalue weighted by molar-refractivity contribution is 0.475. The molecule has 0 bridgehead atoms. The summed E-state index contributed by atoms with van der Waals surface area (Å²) in [5.41, 5.74) is 0.998. The number of aromatic hydroxyl groups is 1. The Labute approximate surface area is 114 Å². The van der Waals surface area contributed by atoms with Crippen LogP contribution in [0.4, 0.5) is 0 Å². The molecular weight excluding hydrogens is 275 g/mol. The van der Waals surface area contributed by atoms with Crippen LogP contribution in [0.5, 0.6) is 5.75 Å². The van der Waals surface area contributed by atoms with Crippen molar-refractivity contribution < 1.29 is 5.11 Å². The number of benzene rings is 2. The molecule has 0 spiro atoms. The molecule has 0 aliphatic heterocycles. The highest BCUT2D eigenvalue weighted by atomic mass is 35.5. The number of phenolic OH excluding ortho intramolecular Hbond substituents is 1. The van der Waals surface area contributed by atoms with Gasteiger partial charge in [-0.3, -0.25) is 0 Å². The molecule has 0 amide bonds. The van der Waals surface area contributed by atoms with Gasteiger partial charge in [-0.15, -0.1) is 0 Å². The van der Waals surface area contributed by atoms with Crippen LogP contribution in [0.1, 0.15) is 5.56 Å². The molecule has 0 atom stereocenters. The normalized spacial score (nSPS) is 10.5. The van der Waals surface area contributed by atoms with Crippen LogP contribution >= 0.6 is 35.0 Å². The Bertz CT molecular complexity index is 538. The quantitative estimate of drug-likeness (QED) is 0.822. The fourth-order valence-corrected chi connectivity index (χ4v) is 2.77. The number of rotatable bonds is 2. The molecule has 0 saturated carbocycles. The van der Waals surface area contributed by atoms with Crippen LogP contribution in [0.2, 0.25) is 10.0 Å². The fraction of sp³-hybridized carbons (Fsp3) is 0.0769. The van der Waals surface area contributed by atoms with Crippen molar-refractivity contribution in [1.82, 2.24) is 0 Å². The third-order valence-corrected chi connectivity index (χ3v) is 4.18. The molecule has 2 rings (SSSR count). The van der Waals surface area contributed by atoms with Crippen LogP contribution in [0.3, 0.4) is 0 Å². The van der Waals surface area contributed by atoms with Crippen LogP contribution < -0.4 is 0 Å². The van der Waals surface area contributed by atoms with E-state index in [2.05, 4.69) is 0 Å². The topological polar surface area (TPSA) is 20.2 Å². The lowest BCUT2D eigenvalue weighted by atomic mass is 10.2. The van der Waals surface area contributed by atoms with E-state index in [0.29, 0.717) is 10.0 Å². The molecule has 0 saturated heterocycles. The summed E-state index contributed by atoms with van der Waals surface area (Å²) in [7, 11) is 0. The van der Waals surface area contributed by atoms with Gasteiger partial charge in [0.15, 0.2) is 0 Å². The summed E-state index contributed by atoms with van der Waals surface area (Å²) in [4.78, 5) is 1.98. The predicted molar refractivity (Wildman–Crippen MR) is 73.4 cm³/mol. The van der Waals surface area contributed by atoms with Gasteiger partial charge in [-0.2, -0.15) is 0 Å². The fourth-order valence-electron chi connectivity index (χ4n) is 1.35. The second-order valence-corrected chi connectivity index (χ2v) is 5.56. The minimum atomic E-state index is 0.257. The average Bonchev–Trinajstić information content (AvgIpc) is 2.29. The van der Waals surface area contributed by atoms with Crippen molar-refractivity contribution in [2.24, 2.45) is 0 Å². The Kier molecular flexibility index (Phi) is 3.87. The van der Waals surface area contributed by atoms with E-state index in [4.69, 9.17) is 23.2 Å². The second kappa shape index (κ2) is 5.21. The van der Waals surface area contributed by atoms with Gasteiger partial charge in [-0.1, -0.05) is 35.0 Å². The van der Waals surface area contributed by atoms with Crippen LogP contribution in [0.15, 0.2) is 46.2 Å². The van der Waals surface area contributed by atoms with Crippen molar-refractivity contribution in [3.8, 4) is 5.75 Å². The highest BCUT2D eigenvalue weighted by Crippen LogP contribution is 2.36. The molecule has 2 aromatic rings. The van der Waals surface area contributed by atoms with Crippen molar-refractivity contribution in [3.63, 3.8) is 0 Å². The Morgan fingerprint density at radius 1 is 1.00 bits per heavy atom. The summed E-state index contributed by atoms with van der Waals surface area (Å²) in [5.74, 6) is 0.257. The first-order valence-electron chi connectivity index (χ1n) is 4.99. The van der Waals surface area contributed by atoms with E-state index in [1.54, 1.807) is 30.0 Å². The highest BCUT2D eigenvalue weighted by molar-refractivity contribution is 7.99. The highest BCUT2D eigenvalue weighted by Gasteiger charge is 2.06.